The van der Waals surface area contributed by atoms with Crippen LogP contribution < -0.4 is 0 Å². The minimum absolute atomic E-state index is 0.139. The second-order valence-corrected chi connectivity index (χ2v) is 7.44. The molecule has 1 aliphatic carbocycles. The topological polar surface area (TPSA) is 49.2 Å². The molecule has 2 aliphatic rings. The molecular weight excluding hydrogens is 376 g/mol. The van der Waals surface area contributed by atoms with E-state index in [0.717, 1.165) is 11.6 Å². The molecule has 0 bridgehead atoms. The first-order valence-electron chi connectivity index (χ1n) is 9.65. The van der Waals surface area contributed by atoms with Crippen molar-refractivity contribution in [1.82, 2.24) is 14.8 Å². The minimum Gasteiger partial charge on any atom is -0.367 e. The third-order valence-electron chi connectivity index (χ3n) is 5.25. The average Bonchev–Trinajstić information content (AvgIpc) is 3.29. The Labute approximate surface area is 168 Å². The highest BCUT2D eigenvalue weighted by molar-refractivity contribution is 5.28. The lowest BCUT2D eigenvalue weighted by molar-refractivity contribution is -0.0896. The molecule has 2 heterocycles. The van der Waals surface area contributed by atoms with Gasteiger partial charge in [-0.15, -0.1) is 0 Å². The Balaban J connectivity index is 1.50. The van der Waals surface area contributed by atoms with Gasteiger partial charge in [0.15, 0.2) is 0 Å². The number of aromatic nitrogens is 3. The summed E-state index contributed by atoms with van der Waals surface area (Å²) >= 11 is 0. The van der Waals surface area contributed by atoms with E-state index in [9.17, 15) is 8.78 Å². The molecule has 1 fully saturated rings. The maximum absolute atomic E-state index is 14.6. The summed E-state index contributed by atoms with van der Waals surface area (Å²) in [6.45, 7) is 2.69. The molecule has 0 radical (unpaired) electrons. The summed E-state index contributed by atoms with van der Waals surface area (Å²) in [4.78, 5) is 3.95. The number of hydrogen-bond acceptors (Lipinski definition) is 4. The SMILES string of the molecule is CC1=CC=CC(OCC2CCC(Cn3cncn3)(c3ccc(F)cc3F)O2)C=C1. The number of allylic oxidation sites excluding steroid dienone is 4. The summed E-state index contributed by atoms with van der Waals surface area (Å²) in [6.07, 6.45) is 13.9. The van der Waals surface area contributed by atoms with Crippen molar-refractivity contribution in [3.8, 4) is 0 Å². The first kappa shape index (κ1) is 19.7. The van der Waals surface area contributed by atoms with Crippen LogP contribution in [0.3, 0.4) is 0 Å². The van der Waals surface area contributed by atoms with Crippen LogP contribution in [0.1, 0.15) is 25.3 Å². The highest BCUT2D eigenvalue weighted by atomic mass is 19.1. The fraction of sp³-hybridized carbons (Fsp3) is 0.364. The van der Waals surface area contributed by atoms with E-state index in [1.807, 2.05) is 37.3 Å². The van der Waals surface area contributed by atoms with Gasteiger partial charge in [0.05, 0.1) is 25.4 Å². The van der Waals surface area contributed by atoms with E-state index in [1.165, 1.54) is 18.5 Å². The van der Waals surface area contributed by atoms with E-state index in [-0.39, 0.29) is 12.2 Å². The Morgan fingerprint density at radius 1 is 1.31 bits per heavy atom. The van der Waals surface area contributed by atoms with Gasteiger partial charge in [-0.2, -0.15) is 5.10 Å². The molecule has 152 valence electrons. The fourth-order valence-electron chi connectivity index (χ4n) is 3.80. The predicted molar refractivity (Wildman–Crippen MR) is 104 cm³/mol. The average molecular weight is 399 g/mol. The Bertz CT molecular complexity index is 940. The molecule has 3 atom stereocenters. The summed E-state index contributed by atoms with van der Waals surface area (Å²) in [7, 11) is 0. The van der Waals surface area contributed by atoms with Gasteiger partial charge in [-0.25, -0.2) is 18.4 Å². The van der Waals surface area contributed by atoms with Gasteiger partial charge < -0.3 is 9.47 Å². The van der Waals surface area contributed by atoms with E-state index in [0.29, 0.717) is 31.6 Å². The van der Waals surface area contributed by atoms with Gasteiger partial charge in [0.25, 0.3) is 0 Å². The second-order valence-electron chi connectivity index (χ2n) is 7.44. The molecule has 29 heavy (non-hydrogen) atoms. The summed E-state index contributed by atoms with van der Waals surface area (Å²) in [6, 6.07) is 3.60. The van der Waals surface area contributed by atoms with Crippen LogP contribution in [-0.4, -0.2) is 33.6 Å². The number of halogens is 2. The Morgan fingerprint density at radius 2 is 2.21 bits per heavy atom. The molecular formula is C22H23F2N3O2. The largest absolute Gasteiger partial charge is 0.367 e. The first-order chi connectivity index (χ1) is 14.0. The van der Waals surface area contributed by atoms with Crippen LogP contribution in [0.15, 0.2) is 66.8 Å². The summed E-state index contributed by atoms with van der Waals surface area (Å²) in [5.74, 6) is -1.24. The molecule has 1 aromatic heterocycles. The van der Waals surface area contributed by atoms with Crippen molar-refractivity contribution in [1.29, 1.82) is 0 Å². The highest BCUT2D eigenvalue weighted by Gasteiger charge is 2.44. The normalized spacial score (nSPS) is 26.5. The van der Waals surface area contributed by atoms with Gasteiger partial charge in [-0.3, -0.25) is 0 Å². The standard InChI is InChI=1S/C22H23F2N3O2/c1-16-3-2-4-18(7-5-16)28-12-19-9-10-22(29-19,13-27-15-25-14-26-27)20-8-6-17(23)11-21(20)24/h2-8,11,14-15,18-19H,9-10,12-13H2,1H3. The predicted octanol–water partition coefficient (Wildman–Crippen LogP) is 4.09. The van der Waals surface area contributed by atoms with Crippen molar-refractivity contribution >= 4 is 0 Å². The van der Waals surface area contributed by atoms with E-state index < -0.39 is 17.2 Å². The molecule has 1 saturated heterocycles. The fourth-order valence-corrected chi connectivity index (χ4v) is 3.80. The number of rotatable bonds is 6. The summed E-state index contributed by atoms with van der Waals surface area (Å²) in [5, 5.41) is 4.13. The van der Waals surface area contributed by atoms with E-state index in [1.54, 1.807) is 11.0 Å². The number of nitrogens with zero attached hydrogens (tertiary/aromatic N) is 3. The molecule has 5 nitrogen and oxygen atoms in total. The van der Waals surface area contributed by atoms with Crippen LogP contribution in [0.5, 0.6) is 0 Å². The maximum atomic E-state index is 14.6. The molecule has 2 aromatic rings. The molecule has 7 heteroatoms. The summed E-state index contributed by atoms with van der Waals surface area (Å²) < 4.78 is 42.0. The van der Waals surface area contributed by atoms with Crippen molar-refractivity contribution in [3.05, 3.63) is 84.0 Å². The number of hydrogen-bond donors (Lipinski definition) is 0. The van der Waals surface area contributed by atoms with Gasteiger partial charge in [0.2, 0.25) is 0 Å². The monoisotopic (exact) mass is 399 g/mol. The van der Waals surface area contributed by atoms with Crippen LogP contribution in [0.25, 0.3) is 0 Å². The van der Waals surface area contributed by atoms with Gasteiger partial charge >= 0.3 is 0 Å². The Morgan fingerprint density at radius 3 is 3.00 bits per heavy atom. The smallest absolute Gasteiger partial charge is 0.137 e. The summed E-state index contributed by atoms with van der Waals surface area (Å²) in [5.41, 5.74) is 0.529. The van der Waals surface area contributed by atoms with Crippen LogP contribution in [0, 0.1) is 11.6 Å². The third-order valence-corrected chi connectivity index (χ3v) is 5.25. The van der Waals surface area contributed by atoms with Crippen LogP contribution in [0.4, 0.5) is 8.78 Å². The van der Waals surface area contributed by atoms with Gasteiger partial charge in [-0.1, -0.05) is 42.0 Å². The third kappa shape index (κ3) is 4.52. The first-order valence-corrected chi connectivity index (χ1v) is 9.65. The van der Waals surface area contributed by atoms with Gasteiger partial charge in [0.1, 0.15) is 29.9 Å². The molecule has 3 unspecified atom stereocenters. The number of ether oxygens (including phenoxy) is 2. The molecule has 4 rings (SSSR count). The zero-order valence-corrected chi connectivity index (χ0v) is 16.2. The molecule has 1 aromatic carbocycles. The van der Waals surface area contributed by atoms with Crippen LogP contribution >= 0.6 is 0 Å². The quantitative estimate of drug-likeness (QED) is 0.734. The zero-order chi connectivity index (χ0) is 20.3. The van der Waals surface area contributed by atoms with Gasteiger partial charge in [0, 0.05) is 11.6 Å². The molecule has 1 aliphatic heterocycles. The van der Waals surface area contributed by atoms with Gasteiger partial charge in [-0.05, 0) is 25.8 Å². The zero-order valence-electron chi connectivity index (χ0n) is 16.2. The van der Waals surface area contributed by atoms with Crippen molar-refractivity contribution < 1.29 is 18.3 Å². The second kappa shape index (κ2) is 8.39. The Hall–Kier alpha value is -2.64. The van der Waals surface area contributed by atoms with Crippen molar-refractivity contribution in [3.63, 3.8) is 0 Å². The van der Waals surface area contributed by atoms with Crippen molar-refractivity contribution in [2.75, 3.05) is 6.61 Å². The van der Waals surface area contributed by atoms with E-state index in [4.69, 9.17) is 9.47 Å². The lowest BCUT2D eigenvalue weighted by Gasteiger charge is -2.30. The van der Waals surface area contributed by atoms with Crippen molar-refractivity contribution in [2.45, 2.75) is 44.1 Å². The maximum Gasteiger partial charge on any atom is 0.137 e. The lowest BCUT2D eigenvalue weighted by atomic mass is 9.90. The van der Waals surface area contributed by atoms with E-state index >= 15 is 0 Å². The lowest BCUT2D eigenvalue weighted by Crippen LogP contribution is -2.34. The number of benzene rings is 1. The minimum atomic E-state index is -0.952. The van der Waals surface area contributed by atoms with Crippen LogP contribution in [-0.2, 0) is 21.6 Å². The van der Waals surface area contributed by atoms with Crippen molar-refractivity contribution in [2.24, 2.45) is 0 Å². The highest BCUT2D eigenvalue weighted by Crippen LogP contribution is 2.42. The molecule has 0 saturated carbocycles. The van der Waals surface area contributed by atoms with Crippen LogP contribution in [0.2, 0.25) is 0 Å². The molecule has 0 spiro atoms. The molecule has 0 N–H and O–H groups in total. The Kier molecular flexibility index (Phi) is 5.69. The molecule has 0 amide bonds. The van der Waals surface area contributed by atoms with E-state index in [2.05, 4.69) is 10.1 Å².